The molecule has 1 unspecified atom stereocenters. The van der Waals surface area contributed by atoms with Crippen LogP contribution in [0.4, 0.5) is 0 Å². The Morgan fingerprint density at radius 3 is 2.29 bits per heavy atom. The van der Waals surface area contributed by atoms with Gasteiger partial charge in [0.15, 0.2) is 0 Å². The number of carbonyl (C=O) groups excluding carboxylic acids is 1. The van der Waals surface area contributed by atoms with Gasteiger partial charge in [-0.05, 0) is 37.3 Å². The number of nitrogens with zero attached hydrogens (tertiary/aromatic N) is 1. The molecule has 0 bridgehead atoms. The first kappa shape index (κ1) is 14.5. The molecule has 1 aliphatic heterocycles. The first-order valence-electron chi connectivity index (χ1n) is 6.64. The summed E-state index contributed by atoms with van der Waals surface area (Å²) in [5.41, 5.74) is 0.417. The van der Waals surface area contributed by atoms with E-state index < -0.39 is 0 Å². The molecular weight excluding hydrogens is 214 g/mol. The van der Waals surface area contributed by atoms with Crippen LogP contribution in [0.2, 0.25) is 0 Å². The van der Waals surface area contributed by atoms with Gasteiger partial charge in [0.1, 0.15) is 0 Å². The Balaban J connectivity index is 2.35. The topological polar surface area (TPSA) is 29.5 Å². The lowest BCUT2D eigenvalue weighted by atomic mass is 9.75. The standard InChI is InChI=1S/C14H27NO2/c1-11(13(16)17-5)10-15-8-6-12(7-9-15)14(2,3)4/h11-12H,6-10H2,1-5H3. The van der Waals surface area contributed by atoms with Crippen molar-refractivity contribution in [1.29, 1.82) is 0 Å². The van der Waals surface area contributed by atoms with Crippen molar-refractivity contribution >= 4 is 5.97 Å². The van der Waals surface area contributed by atoms with Gasteiger partial charge >= 0.3 is 5.97 Å². The summed E-state index contributed by atoms with van der Waals surface area (Å²) in [5.74, 6) is 0.710. The number of likely N-dealkylation sites (tertiary alicyclic amines) is 1. The highest BCUT2D eigenvalue weighted by Crippen LogP contribution is 2.34. The summed E-state index contributed by atoms with van der Waals surface area (Å²) in [5, 5.41) is 0. The minimum absolute atomic E-state index is 0.00816. The molecule has 1 aliphatic rings. The molecule has 1 rings (SSSR count). The molecule has 100 valence electrons. The van der Waals surface area contributed by atoms with Gasteiger partial charge in [0.25, 0.3) is 0 Å². The first-order valence-corrected chi connectivity index (χ1v) is 6.64. The monoisotopic (exact) mass is 241 g/mol. The molecule has 0 N–H and O–H groups in total. The number of piperidine rings is 1. The van der Waals surface area contributed by atoms with E-state index in [2.05, 4.69) is 25.7 Å². The second kappa shape index (κ2) is 5.85. The SMILES string of the molecule is COC(=O)C(C)CN1CCC(C(C)(C)C)CC1. The fourth-order valence-electron chi connectivity index (χ4n) is 2.64. The Bertz CT molecular complexity index is 249. The van der Waals surface area contributed by atoms with Gasteiger partial charge in [0, 0.05) is 6.54 Å². The van der Waals surface area contributed by atoms with Crippen molar-refractivity contribution in [1.82, 2.24) is 4.90 Å². The third-order valence-electron chi connectivity index (χ3n) is 3.95. The smallest absolute Gasteiger partial charge is 0.309 e. The normalized spacial score (nSPS) is 21.2. The van der Waals surface area contributed by atoms with Crippen molar-refractivity contribution in [2.45, 2.75) is 40.5 Å². The molecule has 0 spiro atoms. The van der Waals surface area contributed by atoms with Crippen molar-refractivity contribution in [3.05, 3.63) is 0 Å². The molecule has 1 atom stereocenters. The maximum atomic E-state index is 11.4. The molecule has 0 amide bonds. The zero-order valence-electron chi connectivity index (χ0n) is 12.0. The van der Waals surface area contributed by atoms with Crippen molar-refractivity contribution in [3.8, 4) is 0 Å². The molecule has 0 aromatic carbocycles. The molecule has 1 saturated heterocycles. The van der Waals surface area contributed by atoms with Gasteiger partial charge in [0.05, 0.1) is 13.0 Å². The summed E-state index contributed by atoms with van der Waals surface area (Å²) >= 11 is 0. The summed E-state index contributed by atoms with van der Waals surface area (Å²) in [6.07, 6.45) is 2.49. The van der Waals surface area contributed by atoms with Crippen LogP contribution in [0.5, 0.6) is 0 Å². The highest BCUT2D eigenvalue weighted by atomic mass is 16.5. The van der Waals surface area contributed by atoms with E-state index in [1.54, 1.807) is 0 Å². The van der Waals surface area contributed by atoms with Crippen LogP contribution in [0, 0.1) is 17.3 Å². The molecule has 0 saturated carbocycles. The first-order chi connectivity index (χ1) is 7.84. The van der Waals surface area contributed by atoms with Crippen molar-refractivity contribution in [2.75, 3.05) is 26.7 Å². The second-order valence-electron chi connectivity index (χ2n) is 6.37. The molecule has 1 heterocycles. The fourth-order valence-corrected chi connectivity index (χ4v) is 2.64. The molecule has 3 heteroatoms. The van der Waals surface area contributed by atoms with Crippen molar-refractivity contribution < 1.29 is 9.53 Å². The number of methoxy groups -OCH3 is 1. The van der Waals surface area contributed by atoms with Gasteiger partial charge in [-0.3, -0.25) is 4.79 Å². The number of rotatable bonds is 3. The van der Waals surface area contributed by atoms with Crippen molar-refractivity contribution in [3.63, 3.8) is 0 Å². The van der Waals surface area contributed by atoms with Crippen LogP contribution in [-0.2, 0) is 9.53 Å². The van der Waals surface area contributed by atoms with Crippen LogP contribution in [-0.4, -0.2) is 37.6 Å². The third-order valence-corrected chi connectivity index (χ3v) is 3.95. The van der Waals surface area contributed by atoms with Gasteiger partial charge in [-0.25, -0.2) is 0 Å². The highest BCUT2D eigenvalue weighted by molar-refractivity contribution is 5.72. The Morgan fingerprint density at radius 2 is 1.88 bits per heavy atom. The molecular formula is C14H27NO2. The predicted octanol–water partition coefficient (Wildman–Crippen LogP) is 2.55. The maximum absolute atomic E-state index is 11.4. The summed E-state index contributed by atoms with van der Waals surface area (Å²) in [7, 11) is 1.46. The van der Waals surface area contributed by atoms with E-state index in [1.807, 2.05) is 6.92 Å². The molecule has 0 aromatic heterocycles. The number of esters is 1. The molecule has 0 aromatic rings. The van der Waals surface area contributed by atoms with Crippen LogP contribution in [0.3, 0.4) is 0 Å². The van der Waals surface area contributed by atoms with Crippen LogP contribution < -0.4 is 0 Å². The zero-order valence-corrected chi connectivity index (χ0v) is 12.0. The largest absolute Gasteiger partial charge is 0.469 e. The maximum Gasteiger partial charge on any atom is 0.309 e. The van der Waals surface area contributed by atoms with E-state index in [4.69, 9.17) is 4.74 Å². The quantitative estimate of drug-likeness (QED) is 0.711. The van der Waals surface area contributed by atoms with E-state index in [0.717, 1.165) is 25.6 Å². The number of hydrogen-bond acceptors (Lipinski definition) is 3. The van der Waals surface area contributed by atoms with E-state index in [0.29, 0.717) is 5.41 Å². The average Bonchev–Trinajstić information content (AvgIpc) is 2.27. The lowest BCUT2D eigenvalue weighted by Gasteiger charge is -2.39. The Labute approximate surface area is 106 Å². The molecule has 17 heavy (non-hydrogen) atoms. The number of ether oxygens (including phenoxy) is 1. The van der Waals surface area contributed by atoms with E-state index in [9.17, 15) is 4.79 Å². The lowest BCUT2D eigenvalue weighted by molar-refractivity contribution is -0.145. The molecule has 3 nitrogen and oxygen atoms in total. The minimum Gasteiger partial charge on any atom is -0.469 e. The second-order valence-corrected chi connectivity index (χ2v) is 6.37. The zero-order chi connectivity index (χ0) is 13.1. The Hall–Kier alpha value is -0.570. The predicted molar refractivity (Wildman–Crippen MR) is 69.8 cm³/mol. The van der Waals surface area contributed by atoms with Gasteiger partial charge in [-0.2, -0.15) is 0 Å². The fraction of sp³-hybridized carbons (Fsp3) is 0.929. The van der Waals surface area contributed by atoms with Crippen LogP contribution in [0.1, 0.15) is 40.5 Å². The average molecular weight is 241 g/mol. The van der Waals surface area contributed by atoms with Gasteiger partial charge in [-0.1, -0.05) is 27.7 Å². The van der Waals surface area contributed by atoms with Gasteiger partial charge in [-0.15, -0.1) is 0 Å². The lowest BCUT2D eigenvalue weighted by Crippen LogP contribution is -2.41. The summed E-state index contributed by atoms with van der Waals surface area (Å²) in [4.78, 5) is 13.8. The van der Waals surface area contributed by atoms with Gasteiger partial charge < -0.3 is 9.64 Å². The van der Waals surface area contributed by atoms with E-state index >= 15 is 0 Å². The summed E-state index contributed by atoms with van der Waals surface area (Å²) < 4.78 is 4.76. The Morgan fingerprint density at radius 1 is 1.35 bits per heavy atom. The molecule has 1 fully saturated rings. The van der Waals surface area contributed by atoms with E-state index in [-0.39, 0.29) is 11.9 Å². The van der Waals surface area contributed by atoms with Crippen LogP contribution in [0.25, 0.3) is 0 Å². The van der Waals surface area contributed by atoms with E-state index in [1.165, 1.54) is 20.0 Å². The Kier molecular flexibility index (Phi) is 4.99. The molecule has 0 aliphatic carbocycles. The van der Waals surface area contributed by atoms with Crippen LogP contribution >= 0.6 is 0 Å². The summed E-state index contributed by atoms with van der Waals surface area (Å²) in [6.45, 7) is 12.0. The molecule has 0 radical (unpaired) electrons. The highest BCUT2D eigenvalue weighted by Gasteiger charge is 2.29. The van der Waals surface area contributed by atoms with Crippen molar-refractivity contribution in [2.24, 2.45) is 17.3 Å². The van der Waals surface area contributed by atoms with Gasteiger partial charge in [0.2, 0.25) is 0 Å². The minimum atomic E-state index is -0.0945. The summed E-state index contributed by atoms with van der Waals surface area (Å²) in [6, 6.07) is 0. The van der Waals surface area contributed by atoms with Crippen LogP contribution in [0.15, 0.2) is 0 Å². The number of hydrogen-bond donors (Lipinski definition) is 0. The third kappa shape index (κ3) is 4.30. The number of carbonyl (C=O) groups is 1.